The molecule has 0 saturated heterocycles. The second-order valence-corrected chi connectivity index (χ2v) is 2.51. The highest BCUT2D eigenvalue weighted by molar-refractivity contribution is 7.48. The summed E-state index contributed by atoms with van der Waals surface area (Å²) in [6, 6.07) is 0. The van der Waals surface area contributed by atoms with Gasteiger partial charge < -0.3 is 4.52 Å². The molecule has 5 heteroatoms. The third-order valence-corrected chi connectivity index (χ3v) is 1.34. The topological polar surface area (TPSA) is 35.5 Å². The molecule has 0 aliphatic carbocycles. The van der Waals surface area contributed by atoms with E-state index in [9.17, 15) is 8.76 Å². The summed E-state index contributed by atoms with van der Waals surface area (Å²) in [6.07, 6.45) is 5.38. The smallest absolute Gasteiger partial charge is 0.410 e. The zero-order chi connectivity index (χ0) is 8.04. The fourth-order valence-electron chi connectivity index (χ4n) is 0.234. The van der Waals surface area contributed by atoms with Crippen LogP contribution in [-0.4, -0.2) is 6.61 Å². The molecule has 0 spiro atoms. The Morgan fingerprint density at radius 3 is 2.90 bits per heavy atom. The summed E-state index contributed by atoms with van der Waals surface area (Å²) in [6.45, 7) is 2.60. The van der Waals surface area contributed by atoms with Crippen LogP contribution in [0.1, 0.15) is 0 Å². The van der Waals surface area contributed by atoms with Gasteiger partial charge in [-0.2, -0.15) is 0 Å². The summed E-state index contributed by atoms with van der Waals surface area (Å²) in [4.78, 5) is 0. The fraction of sp³-hybridized carbons (Fsp3) is 0.200. The number of hydrogen-bond acceptors (Lipinski definition) is 3. The molecule has 0 radical (unpaired) electrons. The highest BCUT2D eigenvalue weighted by atomic mass is 31.2. The van der Waals surface area contributed by atoms with Crippen LogP contribution in [0.15, 0.2) is 12.8 Å². The molecule has 1 unspecified atom stereocenters. The van der Waals surface area contributed by atoms with Gasteiger partial charge in [-0.15, -0.1) is 10.6 Å². The normalized spacial score (nSPS) is 14.8. The molecule has 1 atom stereocenters. The van der Waals surface area contributed by atoms with Gasteiger partial charge in [-0.05, 0) is 0 Å². The van der Waals surface area contributed by atoms with Crippen molar-refractivity contribution in [3.8, 4) is 12.3 Å². The van der Waals surface area contributed by atoms with Crippen LogP contribution in [0.4, 0.5) is 4.20 Å². The van der Waals surface area contributed by atoms with Gasteiger partial charge in [0.05, 0.1) is 6.26 Å². The van der Waals surface area contributed by atoms with Crippen LogP contribution in [0, 0.1) is 12.3 Å². The SMILES string of the molecule is C#CCOP(=O)(F)OC=C. The van der Waals surface area contributed by atoms with Crippen molar-refractivity contribution in [2.75, 3.05) is 6.61 Å². The highest BCUT2D eigenvalue weighted by Gasteiger charge is 2.22. The van der Waals surface area contributed by atoms with Gasteiger partial charge in [0.15, 0.2) is 0 Å². The van der Waals surface area contributed by atoms with Gasteiger partial charge >= 0.3 is 7.91 Å². The molecule has 0 heterocycles. The molecule has 0 fully saturated rings. The van der Waals surface area contributed by atoms with Crippen molar-refractivity contribution in [2.45, 2.75) is 0 Å². The van der Waals surface area contributed by atoms with E-state index in [2.05, 4.69) is 22.0 Å². The van der Waals surface area contributed by atoms with Gasteiger partial charge in [0.1, 0.15) is 6.61 Å². The first-order valence-corrected chi connectivity index (χ1v) is 3.73. The van der Waals surface area contributed by atoms with Crippen molar-refractivity contribution in [3.63, 3.8) is 0 Å². The molecular weight excluding hydrogens is 158 g/mol. The monoisotopic (exact) mass is 164 g/mol. The maximum atomic E-state index is 12.2. The van der Waals surface area contributed by atoms with Gasteiger partial charge in [0, 0.05) is 0 Å². The average Bonchev–Trinajstić information content (AvgIpc) is 1.84. The third-order valence-electron chi connectivity index (χ3n) is 0.503. The van der Waals surface area contributed by atoms with Gasteiger partial charge in [-0.3, -0.25) is 4.52 Å². The second-order valence-electron chi connectivity index (χ2n) is 1.18. The third kappa shape index (κ3) is 4.13. The molecule has 0 bridgehead atoms. The first kappa shape index (κ1) is 9.22. The Hall–Kier alpha value is -0.780. The maximum Gasteiger partial charge on any atom is 0.570 e. The zero-order valence-corrected chi connectivity index (χ0v) is 6.01. The van der Waals surface area contributed by atoms with Crippen LogP contribution in [-0.2, 0) is 13.6 Å². The number of halogens is 1. The van der Waals surface area contributed by atoms with Crippen LogP contribution < -0.4 is 0 Å². The summed E-state index contributed by atoms with van der Waals surface area (Å²) in [5.74, 6) is 1.93. The Morgan fingerprint density at radius 1 is 1.90 bits per heavy atom. The average molecular weight is 164 g/mol. The van der Waals surface area contributed by atoms with E-state index in [-0.39, 0.29) is 6.61 Å². The van der Waals surface area contributed by atoms with E-state index in [1.165, 1.54) is 0 Å². The lowest BCUT2D eigenvalue weighted by atomic mass is 10.8. The minimum absolute atomic E-state index is 0.387. The standard InChI is InChI=1S/C5H6FO3P/c1-3-5-9-10(6,7)8-4-2/h1,4H,2,5H2. The quantitative estimate of drug-likeness (QED) is 0.361. The minimum Gasteiger partial charge on any atom is -0.410 e. The molecule has 0 aliphatic rings. The van der Waals surface area contributed by atoms with Crippen molar-refractivity contribution in [3.05, 3.63) is 12.8 Å². The van der Waals surface area contributed by atoms with E-state index in [1.54, 1.807) is 0 Å². The Kier molecular flexibility index (Phi) is 3.78. The predicted octanol–water partition coefficient (Wildman–Crippen LogP) is 1.87. The highest BCUT2D eigenvalue weighted by Crippen LogP contribution is 2.49. The van der Waals surface area contributed by atoms with E-state index in [0.29, 0.717) is 6.26 Å². The lowest BCUT2D eigenvalue weighted by Gasteiger charge is -2.03. The number of hydrogen-bond donors (Lipinski definition) is 0. The lowest BCUT2D eigenvalue weighted by Crippen LogP contribution is -1.86. The largest absolute Gasteiger partial charge is 0.570 e. The Balaban J connectivity index is 3.77. The molecule has 0 amide bonds. The molecule has 56 valence electrons. The van der Waals surface area contributed by atoms with Gasteiger partial charge in [0.25, 0.3) is 0 Å². The molecule has 0 N–H and O–H groups in total. The van der Waals surface area contributed by atoms with Crippen LogP contribution in [0.2, 0.25) is 0 Å². The molecule has 0 rings (SSSR count). The molecule has 0 aliphatic heterocycles. The van der Waals surface area contributed by atoms with Gasteiger partial charge in [0.2, 0.25) is 0 Å². The summed E-state index contributed by atoms with van der Waals surface area (Å²) in [7, 11) is -4.47. The summed E-state index contributed by atoms with van der Waals surface area (Å²) in [5, 5.41) is 0. The molecule has 10 heavy (non-hydrogen) atoms. The molecule has 0 saturated carbocycles. The van der Waals surface area contributed by atoms with E-state index in [1.807, 2.05) is 5.92 Å². The maximum absolute atomic E-state index is 12.2. The van der Waals surface area contributed by atoms with E-state index in [4.69, 9.17) is 0 Å². The fourth-order valence-corrected chi connectivity index (χ4v) is 0.701. The van der Waals surface area contributed by atoms with E-state index < -0.39 is 7.91 Å². The first-order valence-electron chi connectivity index (χ1n) is 2.29. The summed E-state index contributed by atoms with van der Waals surface area (Å²) in [5.41, 5.74) is 0. The number of rotatable bonds is 4. The molecule has 0 aromatic heterocycles. The van der Waals surface area contributed by atoms with Crippen LogP contribution in [0.3, 0.4) is 0 Å². The Labute approximate surface area is 58.5 Å². The summed E-state index contributed by atoms with van der Waals surface area (Å²) < 4.78 is 30.4. The van der Waals surface area contributed by atoms with Crippen LogP contribution >= 0.6 is 7.91 Å². The first-order chi connectivity index (χ1) is 4.62. The second kappa shape index (κ2) is 4.10. The van der Waals surface area contributed by atoms with Gasteiger partial charge in [-0.1, -0.05) is 12.5 Å². The Bertz CT molecular complexity index is 196. The van der Waals surface area contributed by atoms with E-state index in [0.717, 1.165) is 0 Å². The molecule has 3 nitrogen and oxygen atoms in total. The van der Waals surface area contributed by atoms with Crippen molar-refractivity contribution in [1.82, 2.24) is 0 Å². The minimum atomic E-state index is -4.47. The zero-order valence-electron chi connectivity index (χ0n) is 5.12. The van der Waals surface area contributed by atoms with E-state index >= 15 is 0 Å². The van der Waals surface area contributed by atoms with Crippen LogP contribution in [0.5, 0.6) is 0 Å². The van der Waals surface area contributed by atoms with Crippen molar-refractivity contribution < 1.29 is 17.8 Å². The predicted molar refractivity (Wildman–Crippen MR) is 34.8 cm³/mol. The summed E-state index contributed by atoms with van der Waals surface area (Å²) >= 11 is 0. The molecule has 0 aromatic rings. The number of terminal acetylenes is 1. The Morgan fingerprint density at radius 2 is 2.50 bits per heavy atom. The van der Waals surface area contributed by atoms with Crippen molar-refractivity contribution in [1.29, 1.82) is 0 Å². The van der Waals surface area contributed by atoms with Crippen molar-refractivity contribution >= 4 is 7.91 Å². The molecular formula is C5H6FO3P. The van der Waals surface area contributed by atoms with Gasteiger partial charge in [-0.25, -0.2) is 4.57 Å². The molecule has 0 aromatic carbocycles. The van der Waals surface area contributed by atoms with Crippen LogP contribution in [0.25, 0.3) is 0 Å². The van der Waals surface area contributed by atoms with Crippen molar-refractivity contribution in [2.24, 2.45) is 0 Å². The lowest BCUT2D eigenvalue weighted by molar-refractivity contribution is 0.241.